The van der Waals surface area contributed by atoms with Crippen LogP contribution in [0.15, 0.2) is 78.9 Å². The number of hydrogen-bond donors (Lipinski definition) is 0. The van der Waals surface area contributed by atoms with Crippen molar-refractivity contribution in [2.24, 2.45) is 0 Å². The van der Waals surface area contributed by atoms with Gasteiger partial charge in [-0.1, -0.05) is 87.5 Å². The van der Waals surface area contributed by atoms with E-state index >= 15 is 0 Å². The monoisotopic (exact) mass is 346 g/mol. The first-order valence-corrected chi connectivity index (χ1v) is 9.00. The second-order valence-electron chi connectivity index (χ2n) is 7.46. The predicted molar refractivity (Wildman–Crippen MR) is 107 cm³/mol. The Bertz CT molecular complexity index is 818. The average molecular weight is 346 g/mol. The molecule has 2 heteroatoms. The highest BCUT2D eigenvalue weighted by molar-refractivity contribution is 5.45. The molecule has 0 amide bonds. The highest BCUT2D eigenvalue weighted by atomic mass is 16.5. The Labute approximate surface area is 156 Å². The van der Waals surface area contributed by atoms with E-state index in [1.54, 1.807) is 0 Å². The van der Waals surface area contributed by atoms with Crippen molar-refractivity contribution >= 4 is 0 Å². The van der Waals surface area contributed by atoms with Gasteiger partial charge in [0.25, 0.3) is 0 Å². The van der Waals surface area contributed by atoms with Crippen molar-refractivity contribution in [2.75, 3.05) is 0 Å². The molecule has 0 fully saturated rings. The van der Waals surface area contributed by atoms with Crippen molar-refractivity contribution in [3.63, 3.8) is 0 Å². The molecule has 0 bridgehead atoms. The Balaban J connectivity index is 1.80. The second-order valence-corrected chi connectivity index (χ2v) is 7.46. The standard InChI is InChI=1S/C24H26O2/c1-24(2,3)21-14-15-22(25-17-19-10-6-4-7-11-19)23(16-21)26-18-20-12-8-5-9-13-20/h4-16H,17-18H2,1-3H3. The Morgan fingerprint density at radius 2 is 1.12 bits per heavy atom. The maximum absolute atomic E-state index is 6.12. The molecule has 0 saturated heterocycles. The van der Waals surface area contributed by atoms with Crippen LogP contribution in [0, 0.1) is 0 Å². The minimum atomic E-state index is 0.0584. The molecular weight excluding hydrogens is 320 g/mol. The summed E-state index contributed by atoms with van der Waals surface area (Å²) in [5, 5.41) is 0. The van der Waals surface area contributed by atoms with E-state index in [1.165, 1.54) is 5.56 Å². The van der Waals surface area contributed by atoms with Crippen LogP contribution in [0.3, 0.4) is 0 Å². The van der Waals surface area contributed by atoms with E-state index in [0.29, 0.717) is 13.2 Å². The molecule has 0 aliphatic rings. The third-order valence-electron chi connectivity index (χ3n) is 4.28. The van der Waals surface area contributed by atoms with E-state index in [4.69, 9.17) is 9.47 Å². The van der Waals surface area contributed by atoms with E-state index in [1.807, 2.05) is 42.5 Å². The largest absolute Gasteiger partial charge is 0.485 e. The smallest absolute Gasteiger partial charge is 0.161 e. The molecule has 3 aromatic rings. The Morgan fingerprint density at radius 1 is 0.615 bits per heavy atom. The molecule has 0 heterocycles. The Hall–Kier alpha value is -2.74. The maximum Gasteiger partial charge on any atom is 0.161 e. The summed E-state index contributed by atoms with van der Waals surface area (Å²) < 4.78 is 12.2. The van der Waals surface area contributed by atoms with Crippen LogP contribution >= 0.6 is 0 Å². The third kappa shape index (κ3) is 4.89. The van der Waals surface area contributed by atoms with Gasteiger partial charge in [-0.2, -0.15) is 0 Å². The van der Waals surface area contributed by atoms with E-state index in [2.05, 4.69) is 57.2 Å². The number of benzene rings is 3. The van der Waals surface area contributed by atoms with Crippen LogP contribution in [-0.4, -0.2) is 0 Å². The quantitative estimate of drug-likeness (QED) is 0.533. The molecule has 0 aromatic heterocycles. The van der Waals surface area contributed by atoms with Crippen molar-refractivity contribution in [1.82, 2.24) is 0 Å². The van der Waals surface area contributed by atoms with Gasteiger partial charge in [0.05, 0.1) is 0 Å². The second kappa shape index (κ2) is 8.09. The van der Waals surface area contributed by atoms with Crippen LogP contribution in [0.1, 0.15) is 37.5 Å². The first-order chi connectivity index (χ1) is 12.5. The lowest BCUT2D eigenvalue weighted by Crippen LogP contribution is -2.11. The lowest BCUT2D eigenvalue weighted by atomic mass is 9.87. The highest BCUT2D eigenvalue weighted by Gasteiger charge is 2.17. The van der Waals surface area contributed by atoms with Crippen LogP contribution < -0.4 is 9.47 Å². The van der Waals surface area contributed by atoms with Crippen LogP contribution in [0.25, 0.3) is 0 Å². The SMILES string of the molecule is CC(C)(C)c1ccc(OCc2ccccc2)c(OCc2ccccc2)c1. The van der Waals surface area contributed by atoms with E-state index in [0.717, 1.165) is 22.6 Å². The van der Waals surface area contributed by atoms with Crippen molar-refractivity contribution < 1.29 is 9.47 Å². The summed E-state index contributed by atoms with van der Waals surface area (Å²) in [6, 6.07) is 26.6. The van der Waals surface area contributed by atoms with Crippen LogP contribution in [0.4, 0.5) is 0 Å². The van der Waals surface area contributed by atoms with Crippen molar-refractivity contribution in [3.8, 4) is 11.5 Å². The minimum Gasteiger partial charge on any atom is -0.485 e. The summed E-state index contributed by atoms with van der Waals surface area (Å²) in [5.74, 6) is 1.56. The summed E-state index contributed by atoms with van der Waals surface area (Å²) in [7, 11) is 0. The summed E-state index contributed by atoms with van der Waals surface area (Å²) in [5.41, 5.74) is 3.57. The molecule has 3 aromatic carbocycles. The molecule has 0 aliphatic carbocycles. The fourth-order valence-corrected chi connectivity index (χ4v) is 2.68. The normalized spacial score (nSPS) is 11.2. The van der Waals surface area contributed by atoms with Gasteiger partial charge in [-0.15, -0.1) is 0 Å². The molecular formula is C24H26O2. The summed E-state index contributed by atoms with van der Waals surface area (Å²) >= 11 is 0. The van der Waals surface area contributed by atoms with Crippen LogP contribution in [-0.2, 0) is 18.6 Å². The zero-order chi connectivity index (χ0) is 18.4. The van der Waals surface area contributed by atoms with Crippen molar-refractivity contribution in [3.05, 3.63) is 95.6 Å². The summed E-state index contributed by atoms with van der Waals surface area (Å²) in [6.07, 6.45) is 0. The molecule has 0 atom stereocenters. The number of ether oxygens (including phenoxy) is 2. The molecule has 134 valence electrons. The fraction of sp³-hybridized carbons (Fsp3) is 0.250. The Morgan fingerprint density at radius 3 is 1.62 bits per heavy atom. The molecule has 0 N–H and O–H groups in total. The number of hydrogen-bond acceptors (Lipinski definition) is 2. The minimum absolute atomic E-state index is 0.0584. The van der Waals surface area contributed by atoms with Crippen molar-refractivity contribution in [2.45, 2.75) is 39.4 Å². The summed E-state index contributed by atoms with van der Waals surface area (Å²) in [4.78, 5) is 0. The Kier molecular flexibility index (Phi) is 5.62. The molecule has 0 spiro atoms. The molecule has 3 rings (SSSR count). The maximum atomic E-state index is 6.12. The van der Waals surface area contributed by atoms with Gasteiger partial charge in [-0.25, -0.2) is 0 Å². The summed E-state index contributed by atoms with van der Waals surface area (Å²) in [6.45, 7) is 7.66. The van der Waals surface area contributed by atoms with Gasteiger partial charge in [0, 0.05) is 0 Å². The zero-order valence-corrected chi connectivity index (χ0v) is 15.7. The van der Waals surface area contributed by atoms with Gasteiger partial charge >= 0.3 is 0 Å². The average Bonchev–Trinajstić information content (AvgIpc) is 2.66. The van der Waals surface area contributed by atoms with E-state index < -0.39 is 0 Å². The van der Waals surface area contributed by atoms with Gasteiger partial charge in [0.15, 0.2) is 11.5 Å². The topological polar surface area (TPSA) is 18.5 Å². The predicted octanol–water partition coefficient (Wildman–Crippen LogP) is 6.14. The number of rotatable bonds is 6. The van der Waals surface area contributed by atoms with Gasteiger partial charge in [-0.05, 0) is 34.2 Å². The van der Waals surface area contributed by atoms with E-state index in [9.17, 15) is 0 Å². The molecule has 0 radical (unpaired) electrons. The van der Waals surface area contributed by atoms with Crippen LogP contribution in [0.5, 0.6) is 11.5 Å². The van der Waals surface area contributed by atoms with Gasteiger partial charge in [0.2, 0.25) is 0 Å². The first-order valence-electron chi connectivity index (χ1n) is 9.00. The molecule has 0 unspecified atom stereocenters. The highest BCUT2D eigenvalue weighted by Crippen LogP contribution is 2.34. The molecule has 26 heavy (non-hydrogen) atoms. The molecule has 0 aliphatic heterocycles. The van der Waals surface area contributed by atoms with Gasteiger partial charge in [0.1, 0.15) is 13.2 Å². The lowest BCUT2D eigenvalue weighted by molar-refractivity contribution is 0.255. The first kappa shape index (κ1) is 18.1. The van der Waals surface area contributed by atoms with Gasteiger partial charge in [-0.3, -0.25) is 0 Å². The van der Waals surface area contributed by atoms with Crippen molar-refractivity contribution in [1.29, 1.82) is 0 Å². The zero-order valence-electron chi connectivity index (χ0n) is 15.7. The third-order valence-corrected chi connectivity index (χ3v) is 4.28. The van der Waals surface area contributed by atoms with Gasteiger partial charge < -0.3 is 9.47 Å². The lowest BCUT2D eigenvalue weighted by Gasteiger charge is -2.21. The van der Waals surface area contributed by atoms with E-state index in [-0.39, 0.29) is 5.41 Å². The molecule has 2 nitrogen and oxygen atoms in total. The molecule has 0 saturated carbocycles. The van der Waals surface area contributed by atoms with Crippen LogP contribution in [0.2, 0.25) is 0 Å². The fourth-order valence-electron chi connectivity index (χ4n) is 2.68.